The van der Waals surface area contributed by atoms with Gasteiger partial charge in [-0.05, 0) is 30.5 Å². The van der Waals surface area contributed by atoms with Crippen LogP contribution in [0.25, 0.3) is 0 Å². The molecule has 0 radical (unpaired) electrons. The first-order chi connectivity index (χ1) is 9.21. The van der Waals surface area contributed by atoms with Crippen LogP contribution in [0, 0.1) is 0 Å². The molecule has 1 saturated carbocycles. The minimum Gasteiger partial charge on any atom is -0.493 e. The van der Waals surface area contributed by atoms with Gasteiger partial charge < -0.3 is 19.9 Å². The first-order valence-electron chi connectivity index (χ1n) is 6.93. The first kappa shape index (κ1) is 12.8. The minimum atomic E-state index is -0.189. The molecule has 1 saturated heterocycles. The summed E-state index contributed by atoms with van der Waals surface area (Å²) in [5, 5.41) is 0. The third kappa shape index (κ3) is 2.42. The van der Waals surface area contributed by atoms with Crippen LogP contribution in [0.2, 0.25) is 0 Å². The Morgan fingerprint density at radius 3 is 2.53 bits per heavy atom. The van der Waals surface area contributed by atoms with Gasteiger partial charge in [-0.1, -0.05) is 18.9 Å². The predicted octanol–water partition coefficient (Wildman–Crippen LogP) is 2.20. The molecule has 2 fully saturated rings. The molecule has 0 spiro atoms. The lowest BCUT2D eigenvalue weighted by atomic mass is 9.89. The smallest absolute Gasteiger partial charge is 0.161 e. The zero-order valence-corrected chi connectivity index (χ0v) is 11.4. The summed E-state index contributed by atoms with van der Waals surface area (Å²) in [4.78, 5) is 0. The van der Waals surface area contributed by atoms with Crippen LogP contribution in [0.15, 0.2) is 18.2 Å². The molecule has 0 atom stereocenters. The van der Waals surface area contributed by atoms with Crippen molar-refractivity contribution in [2.75, 3.05) is 20.3 Å². The van der Waals surface area contributed by atoms with Gasteiger partial charge in [0.2, 0.25) is 0 Å². The van der Waals surface area contributed by atoms with E-state index >= 15 is 0 Å². The first-order valence-corrected chi connectivity index (χ1v) is 6.93. The maximum atomic E-state index is 6.48. The van der Waals surface area contributed by atoms with E-state index < -0.39 is 0 Å². The topological polar surface area (TPSA) is 53.7 Å². The molecule has 0 bridgehead atoms. The SMILES string of the molecule is COc1cc(C2(N)CCCC2)ccc1OC1COC1. The van der Waals surface area contributed by atoms with Gasteiger partial charge in [-0.25, -0.2) is 0 Å². The van der Waals surface area contributed by atoms with Gasteiger partial charge in [-0.3, -0.25) is 0 Å². The van der Waals surface area contributed by atoms with Crippen molar-refractivity contribution in [3.63, 3.8) is 0 Å². The fourth-order valence-electron chi connectivity index (χ4n) is 2.83. The van der Waals surface area contributed by atoms with Crippen molar-refractivity contribution in [1.29, 1.82) is 0 Å². The molecule has 104 valence electrons. The van der Waals surface area contributed by atoms with E-state index in [1.165, 1.54) is 12.8 Å². The summed E-state index contributed by atoms with van der Waals surface area (Å²) in [6.07, 6.45) is 4.66. The summed E-state index contributed by atoms with van der Waals surface area (Å²) in [7, 11) is 1.67. The molecule has 2 aliphatic rings. The Bertz CT molecular complexity index is 451. The van der Waals surface area contributed by atoms with Gasteiger partial charge in [-0.2, -0.15) is 0 Å². The molecule has 0 aromatic heterocycles. The lowest BCUT2D eigenvalue weighted by Crippen LogP contribution is -2.38. The highest BCUT2D eigenvalue weighted by Gasteiger charge is 2.32. The zero-order chi connectivity index (χ0) is 13.3. The van der Waals surface area contributed by atoms with Crippen molar-refractivity contribution in [2.24, 2.45) is 5.73 Å². The second kappa shape index (κ2) is 5.02. The van der Waals surface area contributed by atoms with E-state index in [9.17, 15) is 0 Å². The number of methoxy groups -OCH3 is 1. The molecule has 1 heterocycles. The molecule has 1 aliphatic heterocycles. The molecule has 1 aromatic carbocycles. The van der Waals surface area contributed by atoms with Crippen LogP contribution in [-0.2, 0) is 10.3 Å². The molecule has 4 nitrogen and oxygen atoms in total. The van der Waals surface area contributed by atoms with E-state index in [2.05, 4.69) is 6.07 Å². The van der Waals surface area contributed by atoms with E-state index in [0.29, 0.717) is 13.2 Å². The molecule has 4 heteroatoms. The Morgan fingerprint density at radius 2 is 1.95 bits per heavy atom. The Hall–Kier alpha value is -1.26. The lowest BCUT2D eigenvalue weighted by molar-refractivity contribution is -0.0803. The average Bonchev–Trinajstić information content (AvgIpc) is 2.82. The third-order valence-electron chi connectivity index (χ3n) is 4.14. The van der Waals surface area contributed by atoms with Crippen LogP contribution in [0.3, 0.4) is 0 Å². The molecule has 3 rings (SSSR count). The normalized spacial score (nSPS) is 22.0. The van der Waals surface area contributed by atoms with E-state index in [1.807, 2.05) is 12.1 Å². The predicted molar refractivity (Wildman–Crippen MR) is 72.6 cm³/mol. The quantitative estimate of drug-likeness (QED) is 0.904. The Labute approximate surface area is 113 Å². The zero-order valence-electron chi connectivity index (χ0n) is 11.4. The molecule has 1 aromatic rings. The number of ether oxygens (including phenoxy) is 3. The summed E-state index contributed by atoms with van der Waals surface area (Å²) in [6.45, 7) is 1.32. The van der Waals surface area contributed by atoms with Gasteiger partial charge in [0.05, 0.1) is 20.3 Å². The van der Waals surface area contributed by atoms with Crippen LogP contribution in [0.4, 0.5) is 0 Å². The van der Waals surface area contributed by atoms with E-state index in [1.54, 1.807) is 7.11 Å². The Kier molecular flexibility index (Phi) is 3.37. The Morgan fingerprint density at radius 1 is 1.21 bits per heavy atom. The van der Waals surface area contributed by atoms with Crippen molar-refractivity contribution >= 4 is 0 Å². The lowest BCUT2D eigenvalue weighted by Gasteiger charge is -2.29. The molecular formula is C15H21NO3. The number of hydrogen-bond donors (Lipinski definition) is 1. The number of rotatable bonds is 4. The summed E-state index contributed by atoms with van der Waals surface area (Å²) >= 11 is 0. The second-order valence-corrected chi connectivity index (χ2v) is 5.51. The number of nitrogens with two attached hydrogens (primary N) is 1. The maximum absolute atomic E-state index is 6.48. The number of hydrogen-bond acceptors (Lipinski definition) is 4. The van der Waals surface area contributed by atoms with Gasteiger partial charge in [-0.15, -0.1) is 0 Å². The second-order valence-electron chi connectivity index (χ2n) is 5.51. The maximum Gasteiger partial charge on any atom is 0.161 e. The standard InChI is InChI=1S/C15H21NO3/c1-17-14-8-11(15(16)6-2-3-7-15)4-5-13(14)19-12-9-18-10-12/h4-5,8,12H,2-3,6-7,9-10,16H2,1H3. The van der Waals surface area contributed by atoms with Crippen molar-refractivity contribution < 1.29 is 14.2 Å². The fourth-order valence-corrected chi connectivity index (χ4v) is 2.83. The highest BCUT2D eigenvalue weighted by atomic mass is 16.6. The molecular weight excluding hydrogens is 242 g/mol. The number of benzene rings is 1. The average molecular weight is 263 g/mol. The summed E-state index contributed by atoms with van der Waals surface area (Å²) in [5.74, 6) is 1.54. The third-order valence-corrected chi connectivity index (χ3v) is 4.14. The van der Waals surface area contributed by atoms with Crippen molar-refractivity contribution in [1.82, 2.24) is 0 Å². The molecule has 2 N–H and O–H groups in total. The van der Waals surface area contributed by atoms with Crippen LogP contribution in [0.5, 0.6) is 11.5 Å². The van der Waals surface area contributed by atoms with Gasteiger partial charge in [0.15, 0.2) is 11.5 Å². The highest BCUT2D eigenvalue weighted by molar-refractivity contribution is 5.45. The van der Waals surface area contributed by atoms with Gasteiger partial charge in [0, 0.05) is 5.54 Å². The fraction of sp³-hybridized carbons (Fsp3) is 0.600. The summed E-state index contributed by atoms with van der Waals surface area (Å²) in [6, 6.07) is 6.07. The minimum absolute atomic E-state index is 0.151. The van der Waals surface area contributed by atoms with Crippen LogP contribution in [0.1, 0.15) is 31.2 Å². The molecule has 1 aliphatic carbocycles. The van der Waals surface area contributed by atoms with Crippen molar-refractivity contribution in [3.05, 3.63) is 23.8 Å². The molecule has 0 amide bonds. The monoisotopic (exact) mass is 263 g/mol. The van der Waals surface area contributed by atoms with Gasteiger partial charge in [0.1, 0.15) is 6.10 Å². The summed E-state index contributed by atoms with van der Waals surface area (Å²) in [5.41, 5.74) is 7.44. The van der Waals surface area contributed by atoms with Gasteiger partial charge >= 0.3 is 0 Å². The van der Waals surface area contributed by atoms with Crippen molar-refractivity contribution in [3.8, 4) is 11.5 Å². The van der Waals surface area contributed by atoms with Crippen LogP contribution < -0.4 is 15.2 Å². The largest absolute Gasteiger partial charge is 0.493 e. The van der Waals surface area contributed by atoms with E-state index in [-0.39, 0.29) is 11.6 Å². The van der Waals surface area contributed by atoms with Crippen LogP contribution in [-0.4, -0.2) is 26.4 Å². The highest BCUT2D eigenvalue weighted by Crippen LogP contribution is 2.40. The molecule has 19 heavy (non-hydrogen) atoms. The summed E-state index contributed by atoms with van der Waals surface area (Å²) < 4.78 is 16.4. The molecule has 0 unspecified atom stereocenters. The Balaban J connectivity index is 1.83. The van der Waals surface area contributed by atoms with E-state index in [4.69, 9.17) is 19.9 Å². The van der Waals surface area contributed by atoms with Crippen molar-refractivity contribution in [2.45, 2.75) is 37.3 Å². The van der Waals surface area contributed by atoms with Gasteiger partial charge in [0.25, 0.3) is 0 Å². The van der Waals surface area contributed by atoms with E-state index in [0.717, 1.165) is 29.9 Å². The van der Waals surface area contributed by atoms with Crippen LogP contribution >= 0.6 is 0 Å².